The third kappa shape index (κ3) is 41.5. The number of carbonyl (C=O) groups excluding carboxylic acids is 2. The molecule has 0 amide bonds. The molecule has 0 unspecified atom stereocenters. The van der Waals surface area contributed by atoms with Gasteiger partial charge in [-0.25, -0.2) is 4.57 Å². The number of carbonyl (C=O) groups is 2. The number of unbranched alkanes of at least 4 members (excludes halogenated alkanes) is 29. The zero-order valence-corrected chi connectivity index (χ0v) is 34.9. The highest BCUT2D eigenvalue weighted by atomic mass is 31.2. The lowest BCUT2D eigenvalue weighted by Crippen LogP contribution is -2.29. The molecule has 0 aromatic rings. The second kappa shape index (κ2) is 39.5. The van der Waals surface area contributed by atoms with E-state index in [2.05, 4.69) is 30.5 Å². The fourth-order valence-electron chi connectivity index (χ4n) is 6.49. The lowest BCUT2D eigenvalue weighted by Gasteiger charge is -2.18. The molecule has 0 aliphatic rings. The number of rotatable bonds is 41. The SMILES string of the molecule is CCCCCCCCCC/C=C/CCCCCC(=O)OC[C@H](COP(=O)(O)O)OC(=O)CCCCCCCCCCCCCCCCCCCCC. The molecule has 9 heteroatoms. The standard InChI is InChI=1S/C43H83O8P/c1-3-5-7-9-11-13-15-17-19-20-21-22-24-26-28-30-32-34-36-38-43(45)51-41(40-50-52(46,47)48)39-49-42(44)37-35-33-31-29-27-25-23-18-16-14-12-10-8-6-4-2/h25,27,41H,3-24,26,28-40H2,1-2H3,(H2,46,47,48)/b27-25+/t41-/m1/s1. The van der Waals surface area contributed by atoms with Crippen molar-refractivity contribution in [2.75, 3.05) is 13.2 Å². The van der Waals surface area contributed by atoms with Crippen molar-refractivity contribution in [1.29, 1.82) is 0 Å². The maximum absolute atomic E-state index is 12.4. The van der Waals surface area contributed by atoms with Gasteiger partial charge in [0.1, 0.15) is 6.61 Å². The summed E-state index contributed by atoms with van der Waals surface area (Å²) in [7, 11) is -4.75. The third-order valence-corrected chi connectivity index (χ3v) is 10.3. The van der Waals surface area contributed by atoms with E-state index in [1.807, 2.05) is 0 Å². The van der Waals surface area contributed by atoms with Crippen molar-refractivity contribution in [2.45, 2.75) is 238 Å². The van der Waals surface area contributed by atoms with E-state index in [0.29, 0.717) is 12.8 Å². The second-order valence-electron chi connectivity index (χ2n) is 15.0. The van der Waals surface area contributed by atoms with Gasteiger partial charge in [-0.15, -0.1) is 0 Å². The van der Waals surface area contributed by atoms with Crippen molar-refractivity contribution in [3.05, 3.63) is 12.2 Å². The van der Waals surface area contributed by atoms with Crippen molar-refractivity contribution in [3.63, 3.8) is 0 Å². The zero-order valence-electron chi connectivity index (χ0n) is 34.0. The molecule has 0 aliphatic heterocycles. The van der Waals surface area contributed by atoms with Gasteiger partial charge in [0.2, 0.25) is 0 Å². The molecule has 0 spiro atoms. The van der Waals surface area contributed by atoms with Crippen LogP contribution < -0.4 is 0 Å². The lowest BCUT2D eigenvalue weighted by molar-refractivity contribution is -0.161. The predicted molar refractivity (Wildman–Crippen MR) is 216 cm³/mol. The van der Waals surface area contributed by atoms with Gasteiger partial charge in [-0.05, 0) is 38.5 Å². The van der Waals surface area contributed by atoms with Crippen LogP contribution in [0.3, 0.4) is 0 Å². The molecule has 0 fully saturated rings. The van der Waals surface area contributed by atoms with E-state index in [1.54, 1.807) is 0 Å². The molecular weight excluding hydrogens is 675 g/mol. The Morgan fingerprint density at radius 3 is 1.19 bits per heavy atom. The molecule has 0 saturated heterocycles. The number of hydrogen-bond donors (Lipinski definition) is 2. The summed E-state index contributed by atoms with van der Waals surface area (Å²) in [5.41, 5.74) is 0. The van der Waals surface area contributed by atoms with Gasteiger partial charge in [-0.1, -0.05) is 193 Å². The molecule has 1 atom stereocenters. The molecule has 2 N–H and O–H groups in total. The molecule has 8 nitrogen and oxygen atoms in total. The van der Waals surface area contributed by atoms with Gasteiger partial charge in [-0.3, -0.25) is 14.1 Å². The van der Waals surface area contributed by atoms with Crippen molar-refractivity contribution in [3.8, 4) is 0 Å². The molecule has 0 radical (unpaired) electrons. The van der Waals surface area contributed by atoms with Crippen LogP contribution in [0.4, 0.5) is 0 Å². The first kappa shape index (κ1) is 50.8. The summed E-state index contributed by atoms with van der Waals surface area (Å²) in [6, 6.07) is 0. The van der Waals surface area contributed by atoms with Crippen LogP contribution in [-0.2, 0) is 28.2 Å². The van der Waals surface area contributed by atoms with Crippen LogP contribution in [0.5, 0.6) is 0 Å². The highest BCUT2D eigenvalue weighted by Gasteiger charge is 2.22. The summed E-state index contributed by atoms with van der Waals surface area (Å²) in [6.45, 7) is 3.70. The van der Waals surface area contributed by atoms with E-state index >= 15 is 0 Å². The summed E-state index contributed by atoms with van der Waals surface area (Å²) >= 11 is 0. The van der Waals surface area contributed by atoms with E-state index in [9.17, 15) is 14.2 Å². The Labute approximate surface area is 320 Å². The molecule has 0 rings (SSSR count). The van der Waals surface area contributed by atoms with Gasteiger partial charge >= 0.3 is 19.8 Å². The molecule has 0 aromatic heterocycles. The van der Waals surface area contributed by atoms with Gasteiger partial charge in [0.05, 0.1) is 6.61 Å². The molecule has 0 bridgehead atoms. The first-order valence-electron chi connectivity index (χ1n) is 22.0. The average Bonchev–Trinajstić information content (AvgIpc) is 3.11. The minimum absolute atomic E-state index is 0.215. The van der Waals surface area contributed by atoms with Gasteiger partial charge in [0.15, 0.2) is 6.10 Å². The van der Waals surface area contributed by atoms with Crippen LogP contribution in [0.25, 0.3) is 0 Å². The second-order valence-corrected chi connectivity index (χ2v) is 16.3. The molecule has 0 saturated carbocycles. The van der Waals surface area contributed by atoms with Crippen LogP contribution in [-0.4, -0.2) is 41.0 Å². The van der Waals surface area contributed by atoms with Crippen LogP contribution in [0, 0.1) is 0 Å². The summed E-state index contributed by atoms with van der Waals surface area (Å²) in [5, 5.41) is 0. The number of esters is 2. The monoisotopic (exact) mass is 759 g/mol. The zero-order chi connectivity index (χ0) is 38.2. The van der Waals surface area contributed by atoms with E-state index in [-0.39, 0.29) is 19.4 Å². The molecule has 0 aromatic carbocycles. The maximum Gasteiger partial charge on any atom is 0.469 e. The third-order valence-electron chi connectivity index (χ3n) is 9.78. The maximum atomic E-state index is 12.4. The Hall–Kier alpha value is -1.21. The minimum atomic E-state index is -4.75. The highest BCUT2D eigenvalue weighted by Crippen LogP contribution is 2.36. The van der Waals surface area contributed by atoms with E-state index in [1.165, 1.54) is 148 Å². The first-order chi connectivity index (χ1) is 25.3. The molecule has 0 heterocycles. The summed E-state index contributed by atoms with van der Waals surface area (Å²) in [4.78, 5) is 42.9. The van der Waals surface area contributed by atoms with Crippen LogP contribution in [0.2, 0.25) is 0 Å². The Morgan fingerprint density at radius 2 is 0.808 bits per heavy atom. The first-order valence-corrected chi connectivity index (χ1v) is 23.5. The van der Waals surface area contributed by atoms with Crippen LogP contribution >= 0.6 is 7.82 Å². The number of hydrogen-bond acceptors (Lipinski definition) is 6. The lowest BCUT2D eigenvalue weighted by atomic mass is 10.0. The largest absolute Gasteiger partial charge is 0.469 e. The van der Waals surface area contributed by atoms with Gasteiger partial charge < -0.3 is 19.3 Å². The Morgan fingerprint density at radius 1 is 0.481 bits per heavy atom. The number of ether oxygens (including phenoxy) is 2. The Balaban J connectivity index is 3.87. The van der Waals surface area contributed by atoms with E-state index < -0.39 is 32.5 Å². The smallest absolute Gasteiger partial charge is 0.462 e. The number of phosphoric ester groups is 1. The van der Waals surface area contributed by atoms with Crippen molar-refractivity contribution in [1.82, 2.24) is 0 Å². The topological polar surface area (TPSA) is 119 Å². The van der Waals surface area contributed by atoms with Gasteiger partial charge in [0.25, 0.3) is 0 Å². The normalized spacial score (nSPS) is 12.5. The number of phosphoric acid groups is 1. The van der Waals surface area contributed by atoms with Crippen molar-refractivity contribution >= 4 is 19.8 Å². The molecule has 308 valence electrons. The van der Waals surface area contributed by atoms with Crippen LogP contribution in [0.1, 0.15) is 232 Å². The van der Waals surface area contributed by atoms with Crippen molar-refractivity contribution in [2.24, 2.45) is 0 Å². The predicted octanol–water partition coefficient (Wildman–Crippen LogP) is 13.4. The highest BCUT2D eigenvalue weighted by molar-refractivity contribution is 7.46. The summed E-state index contributed by atoms with van der Waals surface area (Å²) in [6.07, 6.45) is 43.6. The Bertz CT molecular complexity index is 858. The molecule has 52 heavy (non-hydrogen) atoms. The Kier molecular flexibility index (Phi) is 38.6. The summed E-state index contributed by atoms with van der Waals surface area (Å²) < 4.78 is 26.4. The summed E-state index contributed by atoms with van der Waals surface area (Å²) in [5.74, 6) is -0.890. The van der Waals surface area contributed by atoms with E-state index in [0.717, 1.165) is 44.9 Å². The fraction of sp³-hybridized carbons (Fsp3) is 0.907. The van der Waals surface area contributed by atoms with Crippen molar-refractivity contribution < 1.29 is 37.9 Å². The van der Waals surface area contributed by atoms with E-state index in [4.69, 9.17) is 19.3 Å². The minimum Gasteiger partial charge on any atom is -0.462 e. The van der Waals surface area contributed by atoms with Gasteiger partial charge in [0, 0.05) is 12.8 Å². The van der Waals surface area contributed by atoms with Gasteiger partial charge in [-0.2, -0.15) is 0 Å². The molecule has 0 aliphatic carbocycles. The number of allylic oxidation sites excluding steroid dienone is 2. The fourth-order valence-corrected chi connectivity index (χ4v) is 6.85. The quantitative estimate of drug-likeness (QED) is 0.0274. The molecular formula is C43H83O8P. The average molecular weight is 759 g/mol. The van der Waals surface area contributed by atoms with Crippen LogP contribution in [0.15, 0.2) is 12.2 Å².